The number of H-pyrrole nitrogens is 1. The Morgan fingerprint density at radius 3 is 2.42 bits per heavy atom. The van der Waals surface area contributed by atoms with Crippen LogP contribution in [0.15, 0.2) is 54.6 Å². The van der Waals surface area contributed by atoms with Gasteiger partial charge in [-0.3, -0.25) is 4.79 Å². The number of hydrogen-bond donors (Lipinski definition) is 2. The zero-order valence-electron chi connectivity index (χ0n) is 10.6. The van der Waals surface area contributed by atoms with E-state index < -0.39 is 0 Å². The first-order valence-electron chi connectivity index (χ1n) is 6.19. The molecule has 0 unspecified atom stereocenters. The predicted molar refractivity (Wildman–Crippen MR) is 78.0 cm³/mol. The first-order chi connectivity index (χ1) is 9.25. The summed E-state index contributed by atoms with van der Waals surface area (Å²) in [6, 6.07) is 18.1. The number of anilines is 1. The summed E-state index contributed by atoms with van der Waals surface area (Å²) < 4.78 is 0. The molecule has 0 spiro atoms. The Hall–Kier alpha value is -2.55. The summed E-state index contributed by atoms with van der Waals surface area (Å²) in [7, 11) is 0. The summed E-state index contributed by atoms with van der Waals surface area (Å²) in [4.78, 5) is 14.6. The van der Waals surface area contributed by atoms with Gasteiger partial charge in [-0.05, 0) is 11.6 Å². The Morgan fingerprint density at radius 2 is 1.68 bits per heavy atom. The largest absolute Gasteiger partial charge is 0.341 e. The van der Waals surface area contributed by atoms with Crippen molar-refractivity contribution in [1.29, 1.82) is 0 Å². The number of amides is 1. The van der Waals surface area contributed by atoms with Gasteiger partial charge in [0.15, 0.2) is 0 Å². The molecule has 2 N–H and O–H groups in total. The summed E-state index contributed by atoms with van der Waals surface area (Å²) in [5.74, 6) is 0.670. The molecule has 3 nitrogen and oxygen atoms in total. The second-order valence-electron chi connectivity index (χ2n) is 4.47. The minimum absolute atomic E-state index is 0.0799. The molecule has 0 atom stereocenters. The number of benzene rings is 2. The summed E-state index contributed by atoms with van der Waals surface area (Å²) >= 11 is 0. The van der Waals surface area contributed by atoms with Gasteiger partial charge in [0, 0.05) is 23.4 Å². The highest BCUT2D eigenvalue weighted by atomic mass is 16.1. The van der Waals surface area contributed by atoms with Gasteiger partial charge >= 0.3 is 0 Å². The van der Waals surface area contributed by atoms with E-state index in [1.165, 1.54) is 6.92 Å². The van der Waals surface area contributed by atoms with Gasteiger partial charge in [-0.2, -0.15) is 0 Å². The summed E-state index contributed by atoms with van der Waals surface area (Å²) in [5.41, 5.74) is 3.14. The highest BCUT2D eigenvalue weighted by Crippen LogP contribution is 2.35. The average Bonchev–Trinajstić information content (AvgIpc) is 2.76. The molecule has 1 amide bonds. The number of nitrogens with one attached hydrogen (secondary N) is 2. The molecule has 1 heterocycles. The van der Waals surface area contributed by atoms with Crippen LogP contribution < -0.4 is 5.32 Å². The Labute approximate surface area is 111 Å². The minimum Gasteiger partial charge on any atom is -0.341 e. The molecule has 3 aromatic rings. The molecule has 0 saturated heterocycles. The van der Waals surface area contributed by atoms with Gasteiger partial charge in [-0.25, -0.2) is 0 Å². The van der Waals surface area contributed by atoms with Crippen LogP contribution in [0.2, 0.25) is 0 Å². The number of carbonyl (C=O) groups excluding carboxylic acids is 1. The van der Waals surface area contributed by atoms with Crippen LogP contribution in [0, 0.1) is 0 Å². The fraction of sp³-hybridized carbons (Fsp3) is 0.0625. The van der Waals surface area contributed by atoms with Crippen molar-refractivity contribution in [2.75, 3.05) is 5.32 Å². The highest BCUT2D eigenvalue weighted by Gasteiger charge is 2.13. The monoisotopic (exact) mass is 250 g/mol. The molecule has 94 valence electrons. The van der Waals surface area contributed by atoms with E-state index in [1.54, 1.807) is 0 Å². The molecule has 19 heavy (non-hydrogen) atoms. The van der Waals surface area contributed by atoms with Crippen molar-refractivity contribution in [2.45, 2.75) is 6.92 Å². The van der Waals surface area contributed by atoms with E-state index in [2.05, 4.69) is 16.4 Å². The van der Waals surface area contributed by atoms with Crippen LogP contribution in [-0.2, 0) is 4.79 Å². The van der Waals surface area contributed by atoms with Gasteiger partial charge in [-0.15, -0.1) is 0 Å². The maximum absolute atomic E-state index is 11.3. The third-order valence-electron chi connectivity index (χ3n) is 3.07. The number of para-hydroxylation sites is 1. The average molecular weight is 250 g/mol. The van der Waals surface area contributed by atoms with Crippen LogP contribution >= 0.6 is 0 Å². The van der Waals surface area contributed by atoms with Crippen LogP contribution in [0.1, 0.15) is 6.92 Å². The molecule has 0 aliphatic heterocycles. The van der Waals surface area contributed by atoms with Crippen molar-refractivity contribution < 1.29 is 4.79 Å². The maximum atomic E-state index is 11.3. The molecule has 0 fully saturated rings. The highest BCUT2D eigenvalue weighted by molar-refractivity contribution is 6.06. The fourth-order valence-electron chi connectivity index (χ4n) is 2.32. The lowest BCUT2D eigenvalue weighted by Gasteiger charge is -2.05. The van der Waals surface area contributed by atoms with Crippen molar-refractivity contribution >= 4 is 22.6 Å². The number of rotatable bonds is 2. The van der Waals surface area contributed by atoms with E-state index in [0.29, 0.717) is 0 Å². The fourth-order valence-corrected chi connectivity index (χ4v) is 2.32. The SMILES string of the molecule is CC(=O)Nc1[nH]c2ccccc2c1-c1ccccc1. The second-order valence-corrected chi connectivity index (χ2v) is 4.47. The summed E-state index contributed by atoms with van der Waals surface area (Å²) in [6.45, 7) is 1.51. The number of hydrogen-bond acceptors (Lipinski definition) is 1. The lowest BCUT2D eigenvalue weighted by molar-refractivity contribution is -0.114. The van der Waals surface area contributed by atoms with Crippen LogP contribution in [-0.4, -0.2) is 10.9 Å². The zero-order valence-corrected chi connectivity index (χ0v) is 10.6. The molecule has 3 rings (SSSR count). The quantitative estimate of drug-likeness (QED) is 0.714. The van der Waals surface area contributed by atoms with E-state index in [1.807, 2.05) is 48.5 Å². The van der Waals surface area contributed by atoms with Gasteiger partial charge in [0.1, 0.15) is 5.82 Å². The van der Waals surface area contributed by atoms with Crippen molar-refractivity contribution in [3.05, 3.63) is 54.6 Å². The Balaban J connectivity index is 2.27. The molecule has 2 aromatic carbocycles. The first-order valence-corrected chi connectivity index (χ1v) is 6.19. The predicted octanol–water partition coefficient (Wildman–Crippen LogP) is 3.79. The van der Waals surface area contributed by atoms with Crippen LogP contribution in [0.3, 0.4) is 0 Å². The second kappa shape index (κ2) is 4.61. The lowest BCUT2D eigenvalue weighted by atomic mass is 10.0. The van der Waals surface area contributed by atoms with E-state index in [-0.39, 0.29) is 5.91 Å². The van der Waals surface area contributed by atoms with Gasteiger partial charge in [0.2, 0.25) is 5.91 Å². The molecular weight excluding hydrogens is 236 g/mol. The molecule has 0 aliphatic carbocycles. The molecule has 0 radical (unpaired) electrons. The van der Waals surface area contributed by atoms with Crippen LogP contribution in [0.25, 0.3) is 22.0 Å². The van der Waals surface area contributed by atoms with Crippen molar-refractivity contribution in [2.24, 2.45) is 0 Å². The topological polar surface area (TPSA) is 44.9 Å². The van der Waals surface area contributed by atoms with Crippen molar-refractivity contribution in [1.82, 2.24) is 4.98 Å². The van der Waals surface area contributed by atoms with Crippen molar-refractivity contribution in [3.63, 3.8) is 0 Å². The number of fused-ring (bicyclic) bond motifs is 1. The van der Waals surface area contributed by atoms with E-state index in [4.69, 9.17) is 0 Å². The Kier molecular flexibility index (Phi) is 2.80. The third kappa shape index (κ3) is 2.10. The zero-order chi connectivity index (χ0) is 13.2. The smallest absolute Gasteiger partial charge is 0.222 e. The molecule has 3 heteroatoms. The summed E-state index contributed by atoms with van der Waals surface area (Å²) in [5, 5.41) is 3.98. The van der Waals surface area contributed by atoms with Crippen LogP contribution in [0.4, 0.5) is 5.82 Å². The van der Waals surface area contributed by atoms with Gasteiger partial charge in [-0.1, -0.05) is 48.5 Å². The standard InChI is InChI=1S/C16H14N2O/c1-11(19)17-16-15(12-7-3-2-4-8-12)13-9-5-6-10-14(13)18-16/h2-10,18H,1H3,(H,17,19). The molecule has 0 aliphatic rings. The minimum atomic E-state index is -0.0799. The third-order valence-corrected chi connectivity index (χ3v) is 3.07. The molecule has 0 bridgehead atoms. The Morgan fingerprint density at radius 1 is 1.00 bits per heavy atom. The summed E-state index contributed by atoms with van der Waals surface area (Å²) in [6.07, 6.45) is 0. The van der Waals surface area contributed by atoms with Gasteiger partial charge < -0.3 is 10.3 Å². The normalized spacial score (nSPS) is 10.6. The van der Waals surface area contributed by atoms with Crippen molar-refractivity contribution in [3.8, 4) is 11.1 Å². The number of carbonyl (C=O) groups is 1. The van der Waals surface area contributed by atoms with E-state index in [0.717, 1.165) is 27.8 Å². The Bertz CT molecular complexity index is 729. The lowest BCUT2D eigenvalue weighted by Crippen LogP contribution is -2.06. The van der Waals surface area contributed by atoms with E-state index >= 15 is 0 Å². The molecule has 1 aromatic heterocycles. The maximum Gasteiger partial charge on any atom is 0.222 e. The van der Waals surface area contributed by atoms with Gasteiger partial charge in [0.05, 0.1) is 0 Å². The molecule has 0 saturated carbocycles. The first kappa shape index (κ1) is 11.5. The van der Waals surface area contributed by atoms with E-state index in [9.17, 15) is 4.79 Å². The number of aromatic amines is 1. The molecular formula is C16H14N2O. The number of aromatic nitrogens is 1. The van der Waals surface area contributed by atoms with Gasteiger partial charge in [0.25, 0.3) is 0 Å². The van der Waals surface area contributed by atoms with Crippen LogP contribution in [0.5, 0.6) is 0 Å².